The second kappa shape index (κ2) is 7.37. The van der Waals surface area contributed by atoms with Gasteiger partial charge in [0.15, 0.2) is 0 Å². The van der Waals surface area contributed by atoms with E-state index in [4.69, 9.17) is 4.74 Å². The van der Waals surface area contributed by atoms with E-state index >= 15 is 0 Å². The van der Waals surface area contributed by atoms with E-state index in [1.807, 2.05) is 11.8 Å². The molecule has 1 aromatic heterocycles. The maximum absolute atomic E-state index is 6.38. The van der Waals surface area contributed by atoms with Crippen molar-refractivity contribution in [1.29, 1.82) is 0 Å². The Morgan fingerprint density at radius 3 is 2.58 bits per heavy atom. The van der Waals surface area contributed by atoms with Crippen molar-refractivity contribution in [3.8, 4) is 5.75 Å². The number of hydrogen-bond acceptors (Lipinski definition) is 3. The molecule has 2 heterocycles. The monoisotopic (exact) mass is 366 g/mol. The molecule has 0 fully saturated rings. The van der Waals surface area contributed by atoms with Crippen LogP contribution in [0.25, 0.3) is 10.9 Å². The maximum Gasteiger partial charge on any atom is 0.144 e. The second-order valence-corrected chi connectivity index (χ2v) is 7.90. The lowest BCUT2D eigenvalue weighted by molar-refractivity contribution is 0.117. The van der Waals surface area contributed by atoms with E-state index < -0.39 is 0 Å². The van der Waals surface area contributed by atoms with E-state index in [-0.39, 0.29) is 6.10 Å². The molecule has 0 N–H and O–H groups in total. The first-order valence-corrected chi connectivity index (χ1v) is 10.3. The van der Waals surface area contributed by atoms with Crippen LogP contribution in [0.3, 0.4) is 0 Å². The number of rotatable bonds is 6. The lowest BCUT2D eigenvalue weighted by atomic mass is 10.2. The fraction of sp³-hybridized carbons (Fsp3) is 0.364. The predicted octanol–water partition coefficient (Wildman–Crippen LogP) is 5.20. The Balaban J connectivity index is 1.72. The molecule has 0 saturated heterocycles. The average molecular weight is 367 g/mol. The van der Waals surface area contributed by atoms with E-state index in [0.29, 0.717) is 0 Å². The summed E-state index contributed by atoms with van der Waals surface area (Å²) in [5, 5.41) is 1.30. The van der Waals surface area contributed by atoms with Crippen molar-refractivity contribution in [3.63, 3.8) is 0 Å². The van der Waals surface area contributed by atoms with Crippen molar-refractivity contribution < 1.29 is 4.74 Å². The number of aromatic nitrogens is 1. The minimum atomic E-state index is 0.202. The molecule has 4 heteroatoms. The van der Waals surface area contributed by atoms with Gasteiger partial charge in [0.2, 0.25) is 0 Å². The molecule has 136 valence electrons. The first kappa shape index (κ1) is 17.5. The highest BCUT2D eigenvalue weighted by molar-refractivity contribution is 7.99. The Bertz CT molecular complexity index is 899. The second-order valence-electron chi connectivity index (χ2n) is 6.82. The highest BCUT2D eigenvalue weighted by atomic mass is 32.2. The number of benzene rings is 2. The molecule has 3 aromatic rings. The zero-order chi connectivity index (χ0) is 18.1. The normalized spacial score (nSPS) is 16.2. The summed E-state index contributed by atoms with van der Waals surface area (Å²) in [6.45, 7) is 10.7. The highest BCUT2D eigenvalue weighted by Gasteiger charge is 2.27. The van der Waals surface area contributed by atoms with Crippen LogP contribution < -0.4 is 4.74 Å². The van der Waals surface area contributed by atoms with Gasteiger partial charge in [0.05, 0.1) is 12.1 Å². The SMILES string of the molecule is CCN(CC)CC1Cn2c(C)c(Sc3ccccc3)c3cccc(c32)O1. The predicted molar refractivity (Wildman–Crippen MR) is 109 cm³/mol. The minimum absolute atomic E-state index is 0.202. The molecular weight excluding hydrogens is 340 g/mol. The quantitative estimate of drug-likeness (QED) is 0.597. The fourth-order valence-corrected chi connectivity index (χ4v) is 4.87. The van der Waals surface area contributed by atoms with Crippen molar-refractivity contribution in [2.24, 2.45) is 0 Å². The van der Waals surface area contributed by atoms with Gasteiger partial charge in [-0.05, 0) is 38.2 Å². The topological polar surface area (TPSA) is 17.4 Å². The van der Waals surface area contributed by atoms with Crippen molar-refractivity contribution in [2.75, 3.05) is 19.6 Å². The standard InChI is InChI=1S/C22H26N2OS/c1-4-23(5-2)14-17-15-24-16(3)22(26-18-10-7-6-8-11-18)19-12-9-13-20(25-17)21(19)24/h6-13,17H,4-5,14-15H2,1-3H3. The summed E-state index contributed by atoms with van der Waals surface area (Å²) in [7, 11) is 0. The van der Waals surface area contributed by atoms with Gasteiger partial charge < -0.3 is 14.2 Å². The molecule has 1 aliphatic rings. The third-order valence-corrected chi connectivity index (χ3v) is 6.47. The first-order chi connectivity index (χ1) is 12.7. The van der Waals surface area contributed by atoms with E-state index in [1.54, 1.807) is 0 Å². The molecule has 3 nitrogen and oxygen atoms in total. The van der Waals surface area contributed by atoms with Crippen molar-refractivity contribution in [2.45, 2.75) is 43.2 Å². The number of nitrogens with zero attached hydrogens (tertiary/aromatic N) is 2. The van der Waals surface area contributed by atoms with Crippen molar-refractivity contribution >= 4 is 22.7 Å². The lowest BCUT2D eigenvalue weighted by Crippen LogP contribution is -2.39. The van der Waals surface area contributed by atoms with Crippen LogP contribution >= 0.6 is 11.8 Å². The molecule has 4 rings (SSSR count). The van der Waals surface area contributed by atoms with Gasteiger partial charge in [-0.2, -0.15) is 0 Å². The summed E-state index contributed by atoms with van der Waals surface area (Å²) in [5.41, 5.74) is 2.59. The number of likely N-dealkylation sites (N-methyl/N-ethyl adjacent to an activating group) is 1. The summed E-state index contributed by atoms with van der Waals surface area (Å²) in [6.07, 6.45) is 0.202. The van der Waals surface area contributed by atoms with Crippen LogP contribution in [0.15, 0.2) is 58.3 Å². The van der Waals surface area contributed by atoms with E-state index in [1.165, 1.54) is 26.4 Å². The molecule has 0 bridgehead atoms. The van der Waals surface area contributed by atoms with E-state index in [0.717, 1.165) is 31.9 Å². The van der Waals surface area contributed by atoms with Gasteiger partial charge in [0, 0.05) is 27.4 Å². The smallest absolute Gasteiger partial charge is 0.144 e. The van der Waals surface area contributed by atoms with Crippen LogP contribution in [0.4, 0.5) is 0 Å². The number of ether oxygens (including phenoxy) is 1. The molecule has 1 unspecified atom stereocenters. The molecule has 0 saturated carbocycles. The zero-order valence-electron chi connectivity index (χ0n) is 15.7. The largest absolute Gasteiger partial charge is 0.485 e. The van der Waals surface area contributed by atoms with E-state index in [2.05, 4.69) is 78.8 Å². The van der Waals surface area contributed by atoms with Crippen LogP contribution in [-0.2, 0) is 6.54 Å². The first-order valence-electron chi connectivity index (χ1n) is 9.45. The van der Waals surface area contributed by atoms with Gasteiger partial charge in [-0.3, -0.25) is 0 Å². The lowest BCUT2D eigenvalue weighted by Gasteiger charge is -2.30. The molecule has 0 spiro atoms. The van der Waals surface area contributed by atoms with Gasteiger partial charge in [0.25, 0.3) is 0 Å². The Hall–Kier alpha value is -1.91. The van der Waals surface area contributed by atoms with Crippen LogP contribution in [0.1, 0.15) is 19.5 Å². The van der Waals surface area contributed by atoms with Gasteiger partial charge in [0.1, 0.15) is 11.9 Å². The van der Waals surface area contributed by atoms with Gasteiger partial charge in [-0.25, -0.2) is 0 Å². The van der Waals surface area contributed by atoms with Gasteiger partial charge >= 0.3 is 0 Å². The number of hydrogen-bond donors (Lipinski definition) is 0. The zero-order valence-corrected chi connectivity index (χ0v) is 16.6. The van der Waals surface area contributed by atoms with Crippen LogP contribution in [0.5, 0.6) is 5.75 Å². The Morgan fingerprint density at radius 2 is 1.85 bits per heavy atom. The molecule has 0 aliphatic carbocycles. The van der Waals surface area contributed by atoms with Crippen LogP contribution in [-0.4, -0.2) is 35.2 Å². The van der Waals surface area contributed by atoms with Crippen molar-refractivity contribution in [3.05, 3.63) is 54.2 Å². The summed E-state index contributed by atoms with van der Waals surface area (Å²) in [4.78, 5) is 5.06. The van der Waals surface area contributed by atoms with Gasteiger partial charge in [-0.15, -0.1) is 0 Å². The fourth-order valence-electron chi connectivity index (χ4n) is 3.81. The Labute approximate surface area is 159 Å². The van der Waals surface area contributed by atoms with Crippen LogP contribution in [0, 0.1) is 6.92 Å². The Kier molecular flexibility index (Phi) is 4.96. The molecule has 0 radical (unpaired) electrons. The summed E-state index contributed by atoms with van der Waals surface area (Å²) in [5.74, 6) is 1.02. The Morgan fingerprint density at radius 1 is 1.08 bits per heavy atom. The average Bonchev–Trinajstić information content (AvgIpc) is 2.94. The van der Waals surface area contributed by atoms with Crippen LogP contribution in [0.2, 0.25) is 0 Å². The third-order valence-electron chi connectivity index (χ3n) is 5.25. The van der Waals surface area contributed by atoms with Gasteiger partial charge in [-0.1, -0.05) is 55.9 Å². The molecular formula is C22H26N2OS. The molecule has 2 aromatic carbocycles. The highest BCUT2D eigenvalue weighted by Crippen LogP contribution is 2.43. The molecule has 26 heavy (non-hydrogen) atoms. The summed E-state index contributed by atoms with van der Waals surface area (Å²) in [6, 6.07) is 17.1. The van der Waals surface area contributed by atoms with Crippen molar-refractivity contribution in [1.82, 2.24) is 9.47 Å². The maximum atomic E-state index is 6.38. The van der Waals surface area contributed by atoms with E-state index in [9.17, 15) is 0 Å². The minimum Gasteiger partial charge on any atom is -0.485 e. The molecule has 1 atom stereocenters. The molecule has 0 amide bonds. The summed E-state index contributed by atoms with van der Waals surface area (Å²) >= 11 is 1.85. The summed E-state index contributed by atoms with van der Waals surface area (Å²) < 4.78 is 8.85. The third kappa shape index (κ3) is 3.12. The molecule has 1 aliphatic heterocycles. The number of para-hydroxylation sites is 1.